The molecule has 1 fully saturated rings. The molecule has 0 aromatic carbocycles. The molecule has 1 aliphatic rings. The van der Waals surface area contributed by atoms with Crippen LogP contribution in [0.25, 0.3) is 0 Å². The topological polar surface area (TPSA) is 63.2 Å². The summed E-state index contributed by atoms with van der Waals surface area (Å²) in [6, 6.07) is 3.23. The summed E-state index contributed by atoms with van der Waals surface area (Å²) in [7, 11) is 1.62. The molecule has 0 atom stereocenters. The van der Waals surface area contributed by atoms with E-state index in [0.29, 0.717) is 25.3 Å². The van der Waals surface area contributed by atoms with E-state index < -0.39 is 9.05 Å². The molecule has 0 bridgehead atoms. The van der Waals surface area contributed by atoms with Crippen molar-refractivity contribution in [3.8, 4) is 0 Å². The molecule has 1 heterocycles. The van der Waals surface area contributed by atoms with Gasteiger partial charge in [-0.3, -0.25) is 4.79 Å². The molecule has 0 aliphatic heterocycles. The molecule has 4 nitrogen and oxygen atoms in total. The van der Waals surface area contributed by atoms with E-state index in [1.54, 1.807) is 6.07 Å². The Morgan fingerprint density at radius 1 is 1.42 bits per heavy atom. The molecular weight excluding hydrogens is 306 g/mol. The van der Waals surface area contributed by atoms with Gasteiger partial charge in [0.15, 0.2) is 0 Å². The first-order chi connectivity index (χ1) is 8.95. The van der Waals surface area contributed by atoms with Gasteiger partial charge < -0.3 is 5.32 Å². The third kappa shape index (κ3) is 4.47. The van der Waals surface area contributed by atoms with Gasteiger partial charge in [-0.1, -0.05) is 6.42 Å². The highest BCUT2D eigenvalue weighted by molar-refractivity contribution is 8.15. The fourth-order valence-electron chi connectivity index (χ4n) is 1.98. The van der Waals surface area contributed by atoms with Crippen LogP contribution < -0.4 is 5.32 Å². The van der Waals surface area contributed by atoms with E-state index in [9.17, 15) is 13.2 Å². The van der Waals surface area contributed by atoms with Gasteiger partial charge in [-0.05, 0) is 37.3 Å². The second kappa shape index (κ2) is 6.24. The summed E-state index contributed by atoms with van der Waals surface area (Å²) < 4.78 is 22.3. The van der Waals surface area contributed by atoms with Crippen molar-refractivity contribution < 1.29 is 13.2 Å². The predicted octanol–water partition coefficient (Wildman–Crippen LogP) is 2.52. The molecule has 1 N–H and O–H groups in total. The maximum Gasteiger partial charge on any atom is 0.270 e. The highest BCUT2D eigenvalue weighted by Gasteiger charge is 2.20. The molecule has 1 saturated carbocycles. The number of hydrogen-bond donors (Lipinski definition) is 1. The van der Waals surface area contributed by atoms with Gasteiger partial charge in [0, 0.05) is 28.5 Å². The second-order valence-electron chi connectivity index (χ2n) is 4.76. The summed E-state index contributed by atoms with van der Waals surface area (Å²) in [5.74, 6) is 0.654. The van der Waals surface area contributed by atoms with Gasteiger partial charge in [0.1, 0.15) is 4.21 Å². The Hall–Kier alpha value is -0.590. The zero-order valence-corrected chi connectivity index (χ0v) is 12.8. The lowest BCUT2D eigenvalue weighted by atomic mass is 9.83. The van der Waals surface area contributed by atoms with Crippen LogP contribution in [0.5, 0.6) is 0 Å². The van der Waals surface area contributed by atoms with E-state index in [1.807, 2.05) is 0 Å². The number of carbonyl (C=O) groups excluding carboxylic acids is 1. The summed E-state index contributed by atoms with van der Waals surface area (Å²) >= 11 is 1.15. The van der Waals surface area contributed by atoms with Crippen molar-refractivity contribution in [2.45, 2.75) is 36.3 Å². The molecule has 0 spiro atoms. The van der Waals surface area contributed by atoms with Crippen LogP contribution in [0.1, 0.15) is 30.6 Å². The number of carbonyl (C=O) groups is 1. The van der Waals surface area contributed by atoms with Crippen molar-refractivity contribution in [1.82, 2.24) is 5.32 Å². The van der Waals surface area contributed by atoms with Gasteiger partial charge in [-0.15, -0.1) is 11.3 Å². The Labute approximate surface area is 121 Å². The van der Waals surface area contributed by atoms with Gasteiger partial charge in [0.2, 0.25) is 5.91 Å². The van der Waals surface area contributed by atoms with Gasteiger partial charge in [-0.2, -0.15) is 0 Å². The van der Waals surface area contributed by atoms with Crippen LogP contribution in [0.3, 0.4) is 0 Å². The Morgan fingerprint density at radius 3 is 2.68 bits per heavy atom. The highest BCUT2D eigenvalue weighted by Crippen LogP contribution is 2.29. The Kier molecular flexibility index (Phi) is 4.86. The van der Waals surface area contributed by atoms with Crippen molar-refractivity contribution >= 4 is 37.0 Å². The Bertz CT molecular complexity index is 549. The summed E-state index contributed by atoms with van der Waals surface area (Å²) in [5.41, 5.74) is 0. The minimum absolute atomic E-state index is 0.0893. The molecule has 0 unspecified atom stereocenters. The van der Waals surface area contributed by atoms with Crippen LogP contribution in [-0.2, 0) is 20.3 Å². The van der Waals surface area contributed by atoms with Crippen molar-refractivity contribution in [3.05, 3.63) is 17.0 Å². The quantitative estimate of drug-likeness (QED) is 0.819. The van der Waals surface area contributed by atoms with E-state index in [2.05, 4.69) is 5.32 Å². The van der Waals surface area contributed by atoms with E-state index in [-0.39, 0.29) is 10.1 Å². The first kappa shape index (κ1) is 14.8. The van der Waals surface area contributed by atoms with Crippen molar-refractivity contribution in [3.63, 3.8) is 0 Å². The van der Waals surface area contributed by atoms with Crippen LogP contribution in [0.2, 0.25) is 0 Å². The molecule has 1 amide bonds. The maximum atomic E-state index is 11.6. The lowest BCUT2D eigenvalue weighted by Crippen LogP contribution is -2.29. The molecule has 0 radical (unpaired) electrons. The monoisotopic (exact) mass is 321 g/mol. The molecule has 19 heavy (non-hydrogen) atoms. The minimum atomic E-state index is -3.63. The minimum Gasteiger partial charge on any atom is -0.356 e. The van der Waals surface area contributed by atoms with Crippen LogP contribution >= 0.6 is 22.0 Å². The molecular formula is C12H16ClNO3S2. The second-order valence-corrected chi connectivity index (χ2v) is 8.72. The lowest BCUT2D eigenvalue weighted by Gasteiger charge is -2.24. The fraction of sp³-hybridized carbons (Fsp3) is 0.583. The fourth-order valence-corrected chi connectivity index (χ4v) is 4.10. The summed E-state index contributed by atoms with van der Waals surface area (Å²) in [5, 5.41) is 2.86. The van der Waals surface area contributed by atoms with Crippen LogP contribution in [0.15, 0.2) is 16.3 Å². The molecule has 2 rings (SSSR count). The lowest BCUT2D eigenvalue weighted by molar-refractivity contribution is -0.122. The van der Waals surface area contributed by atoms with Gasteiger partial charge in [0.25, 0.3) is 9.05 Å². The van der Waals surface area contributed by atoms with Crippen molar-refractivity contribution in [2.24, 2.45) is 5.92 Å². The first-order valence-electron chi connectivity index (χ1n) is 6.25. The number of thiophene rings is 1. The summed E-state index contributed by atoms with van der Waals surface area (Å²) in [6.45, 7) is 0.536. The molecule has 1 aromatic rings. The van der Waals surface area contributed by atoms with Crippen LogP contribution in [-0.4, -0.2) is 20.9 Å². The number of halogens is 1. The number of amides is 1. The Morgan fingerprint density at radius 2 is 2.16 bits per heavy atom. The molecule has 0 saturated heterocycles. The molecule has 1 aromatic heterocycles. The largest absolute Gasteiger partial charge is 0.356 e. The SMILES string of the molecule is O=C(CC1CCC1)NCCc1ccc(S(=O)(=O)Cl)s1. The zero-order chi connectivity index (χ0) is 13.9. The predicted molar refractivity (Wildman–Crippen MR) is 76.0 cm³/mol. The summed E-state index contributed by atoms with van der Waals surface area (Å²) in [6.07, 6.45) is 4.81. The van der Waals surface area contributed by atoms with Gasteiger partial charge in [0.05, 0.1) is 0 Å². The van der Waals surface area contributed by atoms with Gasteiger partial charge >= 0.3 is 0 Å². The van der Waals surface area contributed by atoms with Gasteiger partial charge in [-0.25, -0.2) is 8.42 Å². The normalized spacial score (nSPS) is 16.1. The third-order valence-electron chi connectivity index (χ3n) is 3.27. The number of hydrogen-bond acceptors (Lipinski definition) is 4. The standard InChI is InChI=1S/C12H16ClNO3S2/c13-19(16,17)12-5-4-10(18-12)6-7-14-11(15)8-9-2-1-3-9/h4-5,9H,1-3,6-8H2,(H,14,15). The number of nitrogens with one attached hydrogen (secondary N) is 1. The number of rotatable bonds is 6. The molecule has 7 heteroatoms. The molecule has 106 valence electrons. The van der Waals surface area contributed by atoms with Crippen LogP contribution in [0.4, 0.5) is 0 Å². The van der Waals surface area contributed by atoms with Crippen LogP contribution in [0, 0.1) is 5.92 Å². The van der Waals surface area contributed by atoms with E-state index in [0.717, 1.165) is 29.1 Å². The highest BCUT2D eigenvalue weighted by atomic mass is 35.7. The Balaban J connectivity index is 1.73. The van der Waals surface area contributed by atoms with Crippen molar-refractivity contribution in [1.29, 1.82) is 0 Å². The van der Waals surface area contributed by atoms with E-state index in [1.165, 1.54) is 12.5 Å². The third-order valence-corrected chi connectivity index (χ3v) is 6.51. The average molecular weight is 322 g/mol. The first-order valence-corrected chi connectivity index (χ1v) is 9.38. The average Bonchev–Trinajstić information content (AvgIpc) is 2.72. The molecule has 1 aliphatic carbocycles. The smallest absolute Gasteiger partial charge is 0.270 e. The van der Waals surface area contributed by atoms with E-state index >= 15 is 0 Å². The van der Waals surface area contributed by atoms with Crippen molar-refractivity contribution in [2.75, 3.05) is 6.54 Å². The summed E-state index contributed by atoms with van der Waals surface area (Å²) in [4.78, 5) is 12.5. The van der Waals surface area contributed by atoms with E-state index in [4.69, 9.17) is 10.7 Å². The maximum absolute atomic E-state index is 11.6. The zero-order valence-electron chi connectivity index (χ0n) is 10.4.